The summed E-state index contributed by atoms with van der Waals surface area (Å²) in [6, 6.07) is 17.0. The van der Waals surface area contributed by atoms with Crippen molar-refractivity contribution >= 4 is 23.6 Å². The molecule has 3 aromatic rings. The van der Waals surface area contributed by atoms with E-state index in [-0.39, 0.29) is 36.3 Å². The molecular formula is C27H31N5O4. The zero-order valence-electron chi connectivity index (χ0n) is 20.6. The van der Waals surface area contributed by atoms with E-state index >= 15 is 0 Å². The number of piperazine rings is 1. The van der Waals surface area contributed by atoms with Gasteiger partial charge in [0.05, 0.1) is 25.0 Å². The van der Waals surface area contributed by atoms with Crippen LogP contribution >= 0.6 is 0 Å². The van der Waals surface area contributed by atoms with Crippen molar-refractivity contribution in [1.82, 2.24) is 19.6 Å². The Kier molecular flexibility index (Phi) is 8.12. The molecule has 0 aliphatic carbocycles. The smallest absolute Gasteiger partial charge is 0.343 e. The predicted octanol–water partition coefficient (Wildman–Crippen LogP) is 3.01. The molecule has 1 aliphatic heterocycles. The van der Waals surface area contributed by atoms with Crippen LogP contribution < -0.4 is 5.32 Å². The molecule has 1 saturated heterocycles. The van der Waals surface area contributed by atoms with Crippen molar-refractivity contribution in [3.63, 3.8) is 0 Å². The van der Waals surface area contributed by atoms with Crippen LogP contribution in [0.25, 0.3) is 5.69 Å². The zero-order valence-corrected chi connectivity index (χ0v) is 20.6. The first kappa shape index (κ1) is 25.1. The average molecular weight is 490 g/mol. The molecule has 4 rings (SSSR count). The van der Waals surface area contributed by atoms with Gasteiger partial charge in [0, 0.05) is 31.7 Å². The number of benzene rings is 2. The quantitative estimate of drug-likeness (QED) is 0.489. The Hall–Kier alpha value is -3.98. The molecule has 188 valence electrons. The van der Waals surface area contributed by atoms with Crippen molar-refractivity contribution in [3.8, 4) is 5.69 Å². The number of carbonyl (C=O) groups is 3. The summed E-state index contributed by atoms with van der Waals surface area (Å²) in [5.41, 5.74) is 2.78. The highest BCUT2D eigenvalue weighted by Crippen LogP contribution is 2.21. The summed E-state index contributed by atoms with van der Waals surface area (Å²) >= 11 is 0. The normalized spacial score (nSPS) is 13.9. The summed E-state index contributed by atoms with van der Waals surface area (Å²) < 4.78 is 6.66. The maximum Gasteiger partial charge on any atom is 0.343 e. The Balaban J connectivity index is 1.38. The lowest BCUT2D eigenvalue weighted by atomic mass is 10.1. The first-order valence-corrected chi connectivity index (χ1v) is 12.2. The number of hydrogen-bond donors (Lipinski definition) is 1. The fourth-order valence-corrected chi connectivity index (χ4v) is 4.14. The van der Waals surface area contributed by atoms with Gasteiger partial charge in [-0.2, -0.15) is 5.10 Å². The van der Waals surface area contributed by atoms with Gasteiger partial charge in [-0.15, -0.1) is 0 Å². The zero-order chi connectivity index (χ0) is 25.5. The number of para-hydroxylation sites is 1. The monoisotopic (exact) mass is 489 g/mol. The van der Waals surface area contributed by atoms with Crippen LogP contribution in [0.3, 0.4) is 0 Å². The van der Waals surface area contributed by atoms with Gasteiger partial charge in [-0.05, 0) is 43.2 Å². The molecule has 36 heavy (non-hydrogen) atoms. The van der Waals surface area contributed by atoms with Gasteiger partial charge in [0.1, 0.15) is 5.56 Å². The fraction of sp³-hybridized carbons (Fsp3) is 0.333. The van der Waals surface area contributed by atoms with Gasteiger partial charge in [0.15, 0.2) is 5.82 Å². The van der Waals surface area contributed by atoms with Crippen molar-refractivity contribution in [2.24, 2.45) is 0 Å². The number of nitrogens with one attached hydrogen (secondary N) is 1. The summed E-state index contributed by atoms with van der Waals surface area (Å²) in [5, 5.41) is 7.16. The number of aromatic nitrogens is 2. The maximum atomic E-state index is 13.0. The minimum absolute atomic E-state index is 0.00703. The number of hydrogen-bond acceptors (Lipinski definition) is 6. The van der Waals surface area contributed by atoms with Crippen molar-refractivity contribution < 1.29 is 19.1 Å². The van der Waals surface area contributed by atoms with E-state index in [0.717, 1.165) is 6.42 Å². The molecule has 0 unspecified atom stereocenters. The van der Waals surface area contributed by atoms with Crippen molar-refractivity contribution in [3.05, 3.63) is 77.5 Å². The van der Waals surface area contributed by atoms with Crippen LogP contribution in [0.2, 0.25) is 0 Å². The third kappa shape index (κ3) is 5.80. The molecule has 0 atom stereocenters. The molecule has 9 heteroatoms. The Morgan fingerprint density at radius 3 is 2.28 bits per heavy atom. The predicted molar refractivity (Wildman–Crippen MR) is 136 cm³/mol. The van der Waals surface area contributed by atoms with Crippen LogP contribution in [0.5, 0.6) is 0 Å². The highest BCUT2D eigenvalue weighted by molar-refractivity contribution is 6.01. The molecule has 9 nitrogen and oxygen atoms in total. The van der Waals surface area contributed by atoms with Gasteiger partial charge in [-0.25, -0.2) is 9.48 Å². The van der Waals surface area contributed by atoms with Gasteiger partial charge < -0.3 is 15.0 Å². The van der Waals surface area contributed by atoms with E-state index in [0.29, 0.717) is 37.4 Å². The molecular weight excluding hydrogens is 458 g/mol. The van der Waals surface area contributed by atoms with E-state index in [9.17, 15) is 14.4 Å². The molecule has 0 bridgehead atoms. The minimum Gasteiger partial charge on any atom is -0.462 e. The highest BCUT2D eigenvalue weighted by atomic mass is 16.5. The van der Waals surface area contributed by atoms with Gasteiger partial charge in [-0.1, -0.05) is 37.3 Å². The van der Waals surface area contributed by atoms with Crippen LogP contribution in [0.1, 0.15) is 40.1 Å². The third-order valence-corrected chi connectivity index (χ3v) is 6.16. The lowest BCUT2D eigenvalue weighted by Crippen LogP contribution is -2.50. The standard InChI is InChI=1S/C27H31N5O4/c1-3-20-10-12-21(13-11-20)26(34)31-16-14-30(15-17-31)19-24(33)29-25-23(27(35)36-4-2)18-28-32(25)22-8-6-5-7-9-22/h5-13,18H,3-4,14-17,19H2,1-2H3,(H,29,33). The Morgan fingerprint density at radius 1 is 0.944 bits per heavy atom. The number of rotatable bonds is 8. The molecule has 1 N–H and O–H groups in total. The molecule has 0 spiro atoms. The number of aryl methyl sites for hydroxylation is 1. The van der Waals surface area contributed by atoms with E-state index in [1.54, 1.807) is 6.92 Å². The van der Waals surface area contributed by atoms with E-state index < -0.39 is 5.97 Å². The number of anilines is 1. The van der Waals surface area contributed by atoms with Crippen molar-refractivity contribution in [2.45, 2.75) is 20.3 Å². The second kappa shape index (κ2) is 11.6. The van der Waals surface area contributed by atoms with E-state index in [1.165, 1.54) is 16.4 Å². The largest absolute Gasteiger partial charge is 0.462 e. The second-order valence-electron chi connectivity index (χ2n) is 8.54. The van der Waals surface area contributed by atoms with Crippen molar-refractivity contribution in [1.29, 1.82) is 0 Å². The SMILES string of the molecule is CCOC(=O)c1cnn(-c2ccccc2)c1NC(=O)CN1CCN(C(=O)c2ccc(CC)cc2)CC1. The maximum absolute atomic E-state index is 13.0. The Bertz CT molecular complexity index is 1200. The number of amides is 2. The van der Waals surface area contributed by atoms with E-state index in [1.807, 2.05) is 64.4 Å². The Morgan fingerprint density at radius 2 is 1.64 bits per heavy atom. The highest BCUT2D eigenvalue weighted by Gasteiger charge is 2.25. The topological polar surface area (TPSA) is 96.8 Å². The first-order valence-electron chi connectivity index (χ1n) is 12.2. The summed E-state index contributed by atoms with van der Waals surface area (Å²) in [6.45, 7) is 6.39. The number of carbonyl (C=O) groups excluding carboxylic acids is 3. The second-order valence-corrected chi connectivity index (χ2v) is 8.54. The molecule has 1 aromatic heterocycles. The van der Waals surface area contributed by atoms with Crippen LogP contribution in [0, 0.1) is 0 Å². The number of nitrogens with zero attached hydrogens (tertiary/aromatic N) is 4. The first-order chi connectivity index (χ1) is 17.5. The van der Waals surface area contributed by atoms with Crippen molar-refractivity contribution in [2.75, 3.05) is 44.6 Å². The lowest BCUT2D eigenvalue weighted by Gasteiger charge is -2.34. The van der Waals surface area contributed by atoms with E-state index in [2.05, 4.69) is 17.3 Å². The molecule has 2 heterocycles. The summed E-state index contributed by atoms with van der Waals surface area (Å²) in [6.07, 6.45) is 2.33. The number of esters is 1. The summed E-state index contributed by atoms with van der Waals surface area (Å²) in [7, 11) is 0. The third-order valence-electron chi connectivity index (χ3n) is 6.16. The van der Waals surface area contributed by atoms with E-state index in [4.69, 9.17) is 4.74 Å². The number of ether oxygens (including phenoxy) is 1. The molecule has 2 aromatic carbocycles. The van der Waals surface area contributed by atoms with Crippen LogP contribution in [-0.2, 0) is 16.0 Å². The molecule has 1 aliphatic rings. The Labute approximate surface area is 210 Å². The molecule has 0 saturated carbocycles. The van der Waals surface area contributed by atoms with Gasteiger partial charge in [0.25, 0.3) is 5.91 Å². The molecule has 2 amide bonds. The van der Waals surface area contributed by atoms with Gasteiger partial charge in [0.2, 0.25) is 5.91 Å². The fourth-order valence-electron chi connectivity index (χ4n) is 4.14. The van der Waals surface area contributed by atoms with Gasteiger partial charge >= 0.3 is 5.97 Å². The lowest BCUT2D eigenvalue weighted by molar-refractivity contribution is -0.117. The van der Waals surface area contributed by atoms with Crippen LogP contribution in [-0.4, -0.2) is 76.7 Å². The van der Waals surface area contributed by atoms with Gasteiger partial charge in [-0.3, -0.25) is 14.5 Å². The minimum atomic E-state index is -0.547. The van der Waals surface area contributed by atoms with Crippen LogP contribution in [0.15, 0.2) is 60.8 Å². The summed E-state index contributed by atoms with van der Waals surface area (Å²) in [4.78, 5) is 42.1. The van der Waals surface area contributed by atoms with Crippen LogP contribution in [0.4, 0.5) is 5.82 Å². The molecule has 1 fully saturated rings. The molecule has 0 radical (unpaired) electrons. The summed E-state index contributed by atoms with van der Waals surface area (Å²) in [5.74, 6) is -0.538. The average Bonchev–Trinajstić information content (AvgIpc) is 3.32.